The van der Waals surface area contributed by atoms with Crippen LogP contribution < -0.4 is 0 Å². The Bertz CT molecular complexity index is 396. The highest BCUT2D eigenvalue weighted by atomic mass is 16.1. The molecule has 0 atom stereocenters. The van der Waals surface area contributed by atoms with Crippen LogP contribution in [0.5, 0.6) is 0 Å². The minimum absolute atomic E-state index is 0.284. The summed E-state index contributed by atoms with van der Waals surface area (Å²) in [7, 11) is 0. The summed E-state index contributed by atoms with van der Waals surface area (Å²) in [5.74, 6) is 0. The zero-order chi connectivity index (χ0) is 14.6. The van der Waals surface area contributed by atoms with Crippen LogP contribution in [0.15, 0.2) is 24.3 Å². The Hall–Kier alpha value is -2.02. The van der Waals surface area contributed by atoms with E-state index in [9.17, 15) is 0 Å². The van der Waals surface area contributed by atoms with E-state index in [-0.39, 0.29) is 5.41 Å². The third-order valence-corrected chi connectivity index (χ3v) is 2.21. The molecular weight excluding hydrogens is 228 g/mol. The van der Waals surface area contributed by atoms with Gasteiger partial charge < -0.3 is 0 Å². The average molecular weight is 248 g/mol. The summed E-state index contributed by atoms with van der Waals surface area (Å²) in [4.78, 5) is 16.7. The first-order valence-corrected chi connectivity index (χ1v) is 5.55. The molecule has 4 nitrogen and oxygen atoms in total. The minimum Gasteiger partial charge on any atom is -0.222 e. The number of nitrogens with one attached hydrogen (secondary N) is 2. The number of benzene rings is 1. The second kappa shape index (κ2) is 10.2. The molecule has 0 bridgehead atoms. The fourth-order valence-corrected chi connectivity index (χ4v) is 1.56. The van der Waals surface area contributed by atoms with Gasteiger partial charge in [-0.2, -0.15) is 0 Å². The maximum absolute atomic E-state index is 8.35. The fourth-order valence-electron chi connectivity index (χ4n) is 1.56. The predicted octanol–water partition coefficient (Wildman–Crippen LogP) is 3.35. The molecule has 0 fully saturated rings. The molecule has 0 aliphatic carbocycles. The highest BCUT2D eigenvalue weighted by Gasteiger charge is 2.15. The van der Waals surface area contributed by atoms with Gasteiger partial charge in [0.05, 0.1) is 0 Å². The largest absolute Gasteiger partial charge is 0.231 e. The van der Waals surface area contributed by atoms with Crippen molar-refractivity contribution in [3.05, 3.63) is 35.4 Å². The Kier molecular flexibility index (Phi) is 10.4. The van der Waals surface area contributed by atoms with Crippen molar-refractivity contribution in [1.29, 1.82) is 10.8 Å². The van der Waals surface area contributed by atoms with Crippen LogP contribution in [-0.2, 0) is 21.4 Å². The van der Waals surface area contributed by atoms with Crippen LogP contribution in [0.2, 0.25) is 0 Å². The standard InChI is InChI=1S/C12H18.2CHNO/c1-5-10-8-6-7-9-11(10)12(2,3)4;2*2-1-3/h6-9H,5H2,1-4H3;2*2H. The second-order valence-corrected chi connectivity index (χ2v) is 4.46. The van der Waals surface area contributed by atoms with Gasteiger partial charge in [-0.15, -0.1) is 0 Å². The van der Waals surface area contributed by atoms with Gasteiger partial charge in [-0.3, -0.25) is 0 Å². The van der Waals surface area contributed by atoms with E-state index >= 15 is 0 Å². The lowest BCUT2D eigenvalue weighted by Crippen LogP contribution is -2.13. The van der Waals surface area contributed by atoms with Crippen molar-refractivity contribution in [1.82, 2.24) is 0 Å². The molecule has 0 unspecified atom stereocenters. The van der Waals surface area contributed by atoms with E-state index in [2.05, 4.69) is 52.0 Å². The summed E-state index contributed by atoms with van der Waals surface area (Å²) in [6.45, 7) is 9.01. The van der Waals surface area contributed by atoms with Gasteiger partial charge in [-0.1, -0.05) is 52.0 Å². The molecule has 0 amide bonds. The highest BCUT2D eigenvalue weighted by molar-refractivity contribution is 5.32. The Balaban J connectivity index is 0. The molecule has 0 saturated heterocycles. The van der Waals surface area contributed by atoms with E-state index in [1.807, 2.05) is 0 Å². The monoisotopic (exact) mass is 248 g/mol. The Morgan fingerprint density at radius 3 is 1.72 bits per heavy atom. The third kappa shape index (κ3) is 8.17. The zero-order valence-corrected chi connectivity index (χ0v) is 11.3. The number of isocyanates is 2. The van der Waals surface area contributed by atoms with Gasteiger partial charge in [-0.25, -0.2) is 20.4 Å². The van der Waals surface area contributed by atoms with Crippen molar-refractivity contribution in [3.63, 3.8) is 0 Å². The summed E-state index contributed by atoms with van der Waals surface area (Å²) in [5.41, 5.74) is 3.24. The van der Waals surface area contributed by atoms with Crippen LogP contribution in [0.4, 0.5) is 0 Å². The Morgan fingerprint density at radius 1 is 1.06 bits per heavy atom. The van der Waals surface area contributed by atoms with Crippen molar-refractivity contribution in [2.24, 2.45) is 0 Å². The fraction of sp³-hybridized carbons (Fsp3) is 0.429. The molecule has 0 aromatic heterocycles. The molecule has 0 heterocycles. The molecule has 0 radical (unpaired) electrons. The molecule has 2 N–H and O–H groups in total. The lowest BCUT2D eigenvalue weighted by Gasteiger charge is -2.22. The van der Waals surface area contributed by atoms with Crippen LogP contribution in [0.3, 0.4) is 0 Å². The molecule has 1 aromatic carbocycles. The lowest BCUT2D eigenvalue weighted by molar-refractivity contribution is 0.562. The second-order valence-electron chi connectivity index (χ2n) is 4.46. The number of hydrogen-bond donors (Lipinski definition) is 2. The summed E-state index contributed by atoms with van der Waals surface area (Å²) < 4.78 is 0. The number of hydrogen-bond acceptors (Lipinski definition) is 4. The lowest BCUT2D eigenvalue weighted by atomic mass is 9.83. The summed E-state index contributed by atoms with van der Waals surface area (Å²) >= 11 is 0. The molecule has 0 saturated carbocycles. The number of aryl methyl sites for hydroxylation is 1. The number of rotatable bonds is 1. The van der Waals surface area contributed by atoms with Gasteiger partial charge in [-0.05, 0) is 23.0 Å². The van der Waals surface area contributed by atoms with Crippen LogP contribution in [0.1, 0.15) is 38.8 Å². The van der Waals surface area contributed by atoms with Gasteiger partial charge in [0.25, 0.3) is 0 Å². The summed E-state index contributed by atoms with van der Waals surface area (Å²) in [5, 5.41) is 10.8. The predicted molar refractivity (Wildman–Crippen MR) is 71.3 cm³/mol. The molecule has 4 heteroatoms. The Morgan fingerprint density at radius 2 is 1.44 bits per heavy atom. The van der Waals surface area contributed by atoms with Crippen LogP contribution >= 0.6 is 0 Å². The van der Waals surface area contributed by atoms with Crippen LogP contribution in [0.25, 0.3) is 0 Å². The third-order valence-electron chi connectivity index (χ3n) is 2.21. The van der Waals surface area contributed by atoms with E-state index in [0.717, 1.165) is 18.6 Å². The summed E-state index contributed by atoms with van der Waals surface area (Å²) in [6, 6.07) is 8.70. The van der Waals surface area contributed by atoms with E-state index in [0.29, 0.717) is 0 Å². The first kappa shape index (κ1) is 18.3. The van der Waals surface area contributed by atoms with Crippen molar-refractivity contribution >= 4 is 12.2 Å². The molecular formula is C14H20N2O2. The number of carbonyl (C=O) groups excluding carboxylic acids is 2. The normalized spacial score (nSPS) is 8.67. The van der Waals surface area contributed by atoms with Gasteiger partial charge in [0.2, 0.25) is 12.2 Å². The Labute approximate surface area is 108 Å². The van der Waals surface area contributed by atoms with E-state index in [1.54, 1.807) is 0 Å². The van der Waals surface area contributed by atoms with Gasteiger partial charge in [0, 0.05) is 0 Å². The molecule has 0 spiro atoms. The smallest absolute Gasteiger partial charge is 0.222 e. The minimum atomic E-state index is 0.284. The molecule has 98 valence electrons. The maximum atomic E-state index is 8.35. The van der Waals surface area contributed by atoms with Crippen molar-refractivity contribution in [3.8, 4) is 0 Å². The van der Waals surface area contributed by atoms with Gasteiger partial charge in [0.1, 0.15) is 0 Å². The first-order valence-electron chi connectivity index (χ1n) is 5.55. The van der Waals surface area contributed by atoms with Gasteiger partial charge >= 0.3 is 0 Å². The van der Waals surface area contributed by atoms with Crippen molar-refractivity contribution in [2.75, 3.05) is 0 Å². The molecule has 18 heavy (non-hydrogen) atoms. The molecule has 1 aromatic rings. The molecule has 1 rings (SSSR count). The highest BCUT2D eigenvalue weighted by Crippen LogP contribution is 2.25. The van der Waals surface area contributed by atoms with E-state index in [4.69, 9.17) is 20.4 Å². The van der Waals surface area contributed by atoms with Crippen LogP contribution in [-0.4, -0.2) is 12.2 Å². The topological polar surface area (TPSA) is 81.8 Å². The van der Waals surface area contributed by atoms with Crippen molar-refractivity contribution < 1.29 is 9.59 Å². The first-order chi connectivity index (χ1) is 8.38. The molecule has 0 aliphatic rings. The van der Waals surface area contributed by atoms with E-state index in [1.165, 1.54) is 11.1 Å². The van der Waals surface area contributed by atoms with E-state index < -0.39 is 0 Å². The van der Waals surface area contributed by atoms with Crippen molar-refractivity contribution in [2.45, 2.75) is 39.5 Å². The zero-order valence-electron chi connectivity index (χ0n) is 11.3. The maximum Gasteiger partial charge on any atom is 0.231 e. The summed E-state index contributed by atoms with van der Waals surface area (Å²) in [6.07, 6.45) is 2.63. The van der Waals surface area contributed by atoms with Crippen LogP contribution in [0, 0.1) is 10.8 Å². The SMILES string of the molecule is CCc1ccccc1C(C)(C)C.N=C=O.N=C=O. The average Bonchev–Trinajstić information content (AvgIpc) is 2.30. The molecule has 0 aliphatic heterocycles. The quantitative estimate of drug-likeness (QED) is 0.590. The van der Waals surface area contributed by atoms with Gasteiger partial charge in [0.15, 0.2) is 0 Å².